The molecule has 4 rings (SSSR count). The van der Waals surface area contributed by atoms with Gasteiger partial charge in [-0.25, -0.2) is 8.78 Å². The topological polar surface area (TPSA) is 101 Å². The van der Waals surface area contributed by atoms with Gasteiger partial charge in [-0.15, -0.1) is 0 Å². The lowest BCUT2D eigenvalue weighted by atomic mass is 10.1. The Hall–Kier alpha value is -3.27. The molecule has 0 unspecified atom stereocenters. The number of rotatable bonds is 3. The molecule has 152 valence electrons. The normalized spacial score (nSPS) is 18.2. The van der Waals surface area contributed by atoms with E-state index < -0.39 is 46.4 Å². The van der Waals surface area contributed by atoms with Gasteiger partial charge in [-0.3, -0.25) is 14.4 Å². The number of ether oxygens (including phenoxy) is 1. The van der Waals surface area contributed by atoms with Gasteiger partial charge in [0.25, 0.3) is 11.8 Å². The quantitative estimate of drug-likeness (QED) is 0.793. The molecule has 0 saturated carbocycles. The van der Waals surface area contributed by atoms with Crippen LogP contribution in [0.5, 0.6) is 5.75 Å². The van der Waals surface area contributed by atoms with Gasteiger partial charge in [-0.05, 0) is 12.5 Å². The van der Waals surface area contributed by atoms with E-state index in [0.717, 1.165) is 6.07 Å². The summed E-state index contributed by atoms with van der Waals surface area (Å²) in [6.07, 6.45) is 1.28. The minimum absolute atomic E-state index is 0.0310. The number of pyridine rings is 1. The largest absolute Gasteiger partial charge is 0.503 e. The number of nitrogens with zero attached hydrogens (tertiary/aromatic N) is 2. The van der Waals surface area contributed by atoms with Gasteiger partial charge in [-0.2, -0.15) is 0 Å². The summed E-state index contributed by atoms with van der Waals surface area (Å²) in [6.45, 7) is 0.794. The number of carbonyl (C=O) groups excluding carboxylic acids is 2. The zero-order valence-electron chi connectivity index (χ0n) is 15.2. The van der Waals surface area contributed by atoms with Crippen LogP contribution in [0.15, 0.2) is 29.2 Å². The number of carbonyl (C=O) groups is 2. The number of aromatic hydroxyl groups is 1. The molecule has 10 heteroatoms. The van der Waals surface area contributed by atoms with Crippen molar-refractivity contribution < 1.29 is 28.2 Å². The van der Waals surface area contributed by atoms with Crippen molar-refractivity contribution in [3.05, 3.63) is 63.1 Å². The van der Waals surface area contributed by atoms with E-state index in [2.05, 4.69) is 5.32 Å². The van der Waals surface area contributed by atoms with Crippen molar-refractivity contribution in [3.8, 4) is 5.75 Å². The van der Waals surface area contributed by atoms with E-state index >= 15 is 0 Å². The van der Waals surface area contributed by atoms with Crippen LogP contribution in [0.2, 0.25) is 0 Å². The molecule has 1 fully saturated rings. The average molecular weight is 405 g/mol. The Morgan fingerprint density at radius 2 is 2.10 bits per heavy atom. The van der Waals surface area contributed by atoms with Gasteiger partial charge in [0.2, 0.25) is 5.43 Å². The van der Waals surface area contributed by atoms with Crippen LogP contribution in [0.1, 0.15) is 32.8 Å². The summed E-state index contributed by atoms with van der Waals surface area (Å²) < 4.78 is 33.6. The highest BCUT2D eigenvalue weighted by atomic mass is 19.1. The summed E-state index contributed by atoms with van der Waals surface area (Å²) in [6, 6.07) is 2.91. The number of aromatic nitrogens is 1. The number of benzene rings is 1. The minimum atomic E-state index is -1.00. The Kier molecular flexibility index (Phi) is 4.79. The Balaban J connectivity index is 1.61. The first-order chi connectivity index (χ1) is 13.9. The first-order valence-corrected chi connectivity index (χ1v) is 8.98. The molecular formula is C19H17F2N3O5. The molecule has 0 spiro atoms. The van der Waals surface area contributed by atoms with Crippen LogP contribution in [-0.4, -0.2) is 45.8 Å². The van der Waals surface area contributed by atoms with Crippen LogP contribution >= 0.6 is 0 Å². The lowest BCUT2D eigenvalue weighted by molar-refractivity contribution is -0.0920. The van der Waals surface area contributed by atoms with Crippen molar-refractivity contribution in [2.24, 2.45) is 0 Å². The number of amides is 2. The summed E-state index contributed by atoms with van der Waals surface area (Å²) in [4.78, 5) is 39.0. The zero-order chi connectivity index (χ0) is 20.7. The van der Waals surface area contributed by atoms with Gasteiger partial charge in [0.15, 0.2) is 17.7 Å². The third kappa shape index (κ3) is 3.35. The number of halogens is 2. The molecule has 2 aliphatic heterocycles. The maximum Gasteiger partial charge on any atom is 0.276 e. The van der Waals surface area contributed by atoms with Gasteiger partial charge in [-0.1, -0.05) is 6.07 Å². The first kappa shape index (κ1) is 19.1. The fourth-order valence-electron chi connectivity index (χ4n) is 3.49. The Morgan fingerprint density at radius 3 is 2.86 bits per heavy atom. The molecule has 0 aliphatic carbocycles. The zero-order valence-corrected chi connectivity index (χ0v) is 15.2. The van der Waals surface area contributed by atoms with Gasteiger partial charge < -0.3 is 24.6 Å². The Morgan fingerprint density at radius 1 is 1.31 bits per heavy atom. The Labute approximate surface area is 163 Å². The van der Waals surface area contributed by atoms with E-state index in [4.69, 9.17) is 4.74 Å². The fourth-order valence-corrected chi connectivity index (χ4v) is 3.49. The van der Waals surface area contributed by atoms with E-state index in [-0.39, 0.29) is 24.3 Å². The molecule has 0 bridgehead atoms. The third-order valence-electron chi connectivity index (χ3n) is 4.97. The average Bonchev–Trinajstić information content (AvgIpc) is 2.70. The standard InChI is InChI=1S/C19H17F2N3O5/c20-11-3-2-10(13(21)6-11)7-22-18(27)12-8-23-9-14-24(4-1-5-29-14)19(28)15(23)17(26)16(12)25/h2-3,6,8,14,26H,1,4-5,7,9H2,(H,22,27)/t14-/m1/s1. The van der Waals surface area contributed by atoms with Crippen molar-refractivity contribution in [1.82, 2.24) is 14.8 Å². The van der Waals surface area contributed by atoms with Crippen LogP contribution in [0, 0.1) is 11.6 Å². The highest BCUT2D eigenvalue weighted by Crippen LogP contribution is 2.26. The molecule has 2 aromatic rings. The maximum absolute atomic E-state index is 13.7. The molecule has 0 radical (unpaired) electrons. The summed E-state index contributed by atoms with van der Waals surface area (Å²) in [5.41, 5.74) is -1.56. The van der Waals surface area contributed by atoms with Crippen LogP contribution in [0.25, 0.3) is 0 Å². The predicted molar refractivity (Wildman–Crippen MR) is 95.3 cm³/mol. The molecule has 3 heterocycles. The second-order valence-electron chi connectivity index (χ2n) is 6.82. The van der Waals surface area contributed by atoms with Crippen LogP contribution in [0.3, 0.4) is 0 Å². The van der Waals surface area contributed by atoms with Crippen molar-refractivity contribution >= 4 is 11.8 Å². The SMILES string of the molecule is O=C(NCc1ccc(F)cc1F)c1cn2c(c(O)c1=O)C(=O)N1CCCO[C@@H]1C2. The van der Waals surface area contributed by atoms with Gasteiger partial charge in [0.1, 0.15) is 17.2 Å². The van der Waals surface area contributed by atoms with E-state index in [1.807, 2.05) is 0 Å². The molecule has 1 aromatic carbocycles. The molecule has 29 heavy (non-hydrogen) atoms. The maximum atomic E-state index is 13.7. The molecule has 1 aromatic heterocycles. The van der Waals surface area contributed by atoms with Crippen molar-refractivity contribution in [1.29, 1.82) is 0 Å². The second kappa shape index (κ2) is 7.28. The molecule has 2 amide bonds. The van der Waals surface area contributed by atoms with Crippen LogP contribution in [0.4, 0.5) is 8.78 Å². The molecule has 1 saturated heterocycles. The van der Waals surface area contributed by atoms with Crippen LogP contribution in [-0.2, 0) is 17.8 Å². The smallest absolute Gasteiger partial charge is 0.276 e. The molecule has 1 atom stereocenters. The summed E-state index contributed by atoms with van der Waals surface area (Å²) >= 11 is 0. The van der Waals surface area contributed by atoms with Gasteiger partial charge in [0.05, 0.1) is 13.2 Å². The first-order valence-electron chi connectivity index (χ1n) is 8.98. The highest BCUT2D eigenvalue weighted by Gasteiger charge is 2.38. The third-order valence-corrected chi connectivity index (χ3v) is 4.97. The Bertz CT molecular complexity index is 1070. The minimum Gasteiger partial charge on any atom is -0.503 e. The highest BCUT2D eigenvalue weighted by molar-refractivity contribution is 5.99. The number of nitrogens with one attached hydrogen (secondary N) is 1. The lowest BCUT2D eigenvalue weighted by Crippen LogP contribution is -2.53. The monoisotopic (exact) mass is 405 g/mol. The molecular weight excluding hydrogens is 388 g/mol. The van der Waals surface area contributed by atoms with E-state index in [0.29, 0.717) is 25.6 Å². The number of fused-ring (bicyclic) bond motifs is 2. The molecule has 2 aliphatic rings. The molecule has 8 nitrogen and oxygen atoms in total. The second-order valence-corrected chi connectivity index (χ2v) is 6.82. The lowest BCUT2D eigenvalue weighted by Gasteiger charge is -2.40. The summed E-state index contributed by atoms with van der Waals surface area (Å²) in [5.74, 6) is -3.81. The van der Waals surface area contributed by atoms with Gasteiger partial charge in [0, 0.05) is 30.9 Å². The summed E-state index contributed by atoms with van der Waals surface area (Å²) in [5, 5.41) is 12.7. The summed E-state index contributed by atoms with van der Waals surface area (Å²) in [7, 11) is 0. The van der Waals surface area contributed by atoms with E-state index in [1.165, 1.54) is 21.7 Å². The van der Waals surface area contributed by atoms with E-state index in [1.54, 1.807) is 0 Å². The fraction of sp³-hybridized carbons (Fsp3) is 0.316. The number of hydrogen-bond donors (Lipinski definition) is 2. The van der Waals surface area contributed by atoms with Crippen molar-refractivity contribution in [2.75, 3.05) is 13.2 Å². The van der Waals surface area contributed by atoms with E-state index in [9.17, 15) is 28.3 Å². The van der Waals surface area contributed by atoms with Crippen molar-refractivity contribution in [3.63, 3.8) is 0 Å². The number of hydrogen-bond acceptors (Lipinski definition) is 5. The van der Waals surface area contributed by atoms with Crippen molar-refractivity contribution in [2.45, 2.75) is 25.7 Å². The molecule has 2 N–H and O–H groups in total. The van der Waals surface area contributed by atoms with Crippen LogP contribution < -0.4 is 10.7 Å². The van der Waals surface area contributed by atoms with Gasteiger partial charge >= 0.3 is 0 Å². The predicted octanol–water partition coefficient (Wildman–Crippen LogP) is 0.964.